The van der Waals surface area contributed by atoms with Gasteiger partial charge in [0.25, 0.3) is 0 Å². The van der Waals surface area contributed by atoms with Crippen molar-refractivity contribution in [2.75, 3.05) is 24.3 Å². The maximum atomic E-state index is 5.28. The zero-order valence-corrected chi connectivity index (χ0v) is 10.3. The Morgan fingerprint density at radius 2 is 1.78 bits per heavy atom. The summed E-state index contributed by atoms with van der Waals surface area (Å²) in [7, 11) is 1.75. The molecule has 18 heavy (non-hydrogen) atoms. The summed E-state index contributed by atoms with van der Waals surface area (Å²) >= 11 is 0. The molecule has 0 bridgehead atoms. The Hall–Kier alpha value is -2.37. The molecule has 6 nitrogen and oxygen atoms in total. The summed E-state index contributed by atoms with van der Waals surface area (Å²) in [6, 6.07) is 9.99. The van der Waals surface area contributed by atoms with Crippen LogP contribution in [0.3, 0.4) is 0 Å². The first-order chi connectivity index (χ1) is 8.81. The predicted molar refractivity (Wildman–Crippen MR) is 70.3 cm³/mol. The highest BCUT2D eigenvalue weighted by molar-refractivity contribution is 5.53. The number of nitrogens with one attached hydrogen (secondary N) is 2. The van der Waals surface area contributed by atoms with E-state index < -0.39 is 0 Å². The first kappa shape index (κ1) is 12.1. The summed E-state index contributed by atoms with van der Waals surface area (Å²) in [6.45, 7) is 2.39. The van der Waals surface area contributed by atoms with Crippen molar-refractivity contribution in [2.45, 2.75) is 6.92 Å². The summed E-state index contributed by atoms with van der Waals surface area (Å²) in [6.07, 6.45) is 0. The fourth-order valence-electron chi connectivity index (χ4n) is 1.37. The Kier molecular flexibility index (Phi) is 3.90. The van der Waals surface area contributed by atoms with Crippen LogP contribution >= 0.6 is 0 Å². The van der Waals surface area contributed by atoms with E-state index in [1.54, 1.807) is 7.05 Å². The summed E-state index contributed by atoms with van der Waals surface area (Å²) in [5, 5.41) is 5.96. The van der Waals surface area contributed by atoms with Gasteiger partial charge in [-0.1, -0.05) is 18.2 Å². The highest BCUT2D eigenvalue weighted by Gasteiger charge is 2.06. The van der Waals surface area contributed by atoms with Gasteiger partial charge < -0.3 is 15.4 Å². The smallest absolute Gasteiger partial charge is 0.323 e. The van der Waals surface area contributed by atoms with Crippen molar-refractivity contribution >= 4 is 17.6 Å². The minimum absolute atomic E-state index is 0.301. The first-order valence-corrected chi connectivity index (χ1v) is 5.70. The zero-order valence-electron chi connectivity index (χ0n) is 10.3. The second-order valence-corrected chi connectivity index (χ2v) is 3.44. The molecular weight excluding hydrogens is 230 g/mol. The Balaban J connectivity index is 2.24. The van der Waals surface area contributed by atoms with Gasteiger partial charge in [0.05, 0.1) is 6.61 Å². The summed E-state index contributed by atoms with van der Waals surface area (Å²) in [4.78, 5) is 12.5. The van der Waals surface area contributed by atoms with E-state index in [1.807, 2.05) is 37.3 Å². The average Bonchev–Trinajstić information content (AvgIpc) is 2.40. The van der Waals surface area contributed by atoms with Gasteiger partial charge in [-0.3, -0.25) is 0 Å². The summed E-state index contributed by atoms with van der Waals surface area (Å²) < 4.78 is 5.28. The number of hydrogen-bond donors (Lipinski definition) is 2. The molecule has 1 aromatic carbocycles. The molecule has 0 atom stereocenters. The van der Waals surface area contributed by atoms with E-state index in [-0.39, 0.29) is 0 Å². The van der Waals surface area contributed by atoms with Crippen LogP contribution in [0.5, 0.6) is 6.01 Å². The predicted octanol–water partition coefficient (Wildman–Crippen LogP) is 2.06. The van der Waals surface area contributed by atoms with Gasteiger partial charge in [0, 0.05) is 12.7 Å². The van der Waals surface area contributed by atoms with E-state index >= 15 is 0 Å². The molecule has 2 aromatic rings. The van der Waals surface area contributed by atoms with Gasteiger partial charge in [0.2, 0.25) is 11.9 Å². The third kappa shape index (κ3) is 3.07. The molecule has 0 saturated heterocycles. The number of ether oxygens (including phenoxy) is 1. The molecular formula is C12H15N5O. The van der Waals surface area contributed by atoms with Crippen LogP contribution in [0.1, 0.15) is 6.92 Å². The van der Waals surface area contributed by atoms with Crippen LogP contribution in [0.25, 0.3) is 0 Å². The van der Waals surface area contributed by atoms with Crippen LogP contribution < -0.4 is 15.4 Å². The maximum absolute atomic E-state index is 5.28. The van der Waals surface area contributed by atoms with Crippen LogP contribution in [0.4, 0.5) is 17.6 Å². The Morgan fingerprint density at radius 1 is 1.06 bits per heavy atom. The molecule has 0 aliphatic carbocycles. The highest BCUT2D eigenvalue weighted by Crippen LogP contribution is 2.15. The van der Waals surface area contributed by atoms with Gasteiger partial charge in [-0.15, -0.1) is 0 Å². The summed E-state index contributed by atoms with van der Waals surface area (Å²) in [5.74, 6) is 0.913. The zero-order chi connectivity index (χ0) is 12.8. The Bertz CT molecular complexity index is 503. The number of rotatable bonds is 5. The van der Waals surface area contributed by atoms with Gasteiger partial charge in [-0.05, 0) is 19.1 Å². The molecule has 94 valence electrons. The highest BCUT2D eigenvalue weighted by atomic mass is 16.5. The van der Waals surface area contributed by atoms with E-state index in [2.05, 4.69) is 25.6 Å². The van der Waals surface area contributed by atoms with Crippen molar-refractivity contribution < 1.29 is 4.74 Å². The van der Waals surface area contributed by atoms with Crippen molar-refractivity contribution in [1.82, 2.24) is 15.0 Å². The van der Waals surface area contributed by atoms with Gasteiger partial charge in [0.15, 0.2) is 0 Å². The van der Waals surface area contributed by atoms with E-state index in [0.717, 1.165) is 5.69 Å². The van der Waals surface area contributed by atoms with Gasteiger partial charge in [0.1, 0.15) is 0 Å². The third-order valence-electron chi connectivity index (χ3n) is 2.14. The van der Waals surface area contributed by atoms with E-state index in [4.69, 9.17) is 4.74 Å². The molecule has 1 heterocycles. The number of benzene rings is 1. The lowest BCUT2D eigenvalue weighted by Gasteiger charge is -2.08. The van der Waals surface area contributed by atoms with Crippen LogP contribution in [0.15, 0.2) is 30.3 Å². The van der Waals surface area contributed by atoms with Gasteiger partial charge in [-0.25, -0.2) is 0 Å². The van der Waals surface area contributed by atoms with E-state index in [1.165, 1.54) is 0 Å². The lowest BCUT2D eigenvalue weighted by atomic mass is 10.3. The molecule has 0 unspecified atom stereocenters. The Labute approximate surface area is 105 Å². The van der Waals surface area contributed by atoms with Crippen molar-refractivity contribution in [2.24, 2.45) is 0 Å². The standard InChI is InChI=1S/C12H15N5O/c1-3-18-12-16-10(13-2)15-11(17-12)14-9-7-5-4-6-8-9/h4-8H,3H2,1-2H3,(H2,13,14,15,16,17). The quantitative estimate of drug-likeness (QED) is 0.840. The fraction of sp³-hybridized carbons (Fsp3) is 0.250. The Morgan fingerprint density at radius 3 is 2.44 bits per heavy atom. The van der Waals surface area contributed by atoms with Crippen LogP contribution in [-0.4, -0.2) is 28.6 Å². The molecule has 0 fully saturated rings. The van der Waals surface area contributed by atoms with Gasteiger partial charge in [-0.2, -0.15) is 15.0 Å². The number of nitrogens with zero attached hydrogens (tertiary/aromatic N) is 3. The second-order valence-electron chi connectivity index (χ2n) is 3.44. The van der Waals surface area contributed by atoms with Crippen molar-refractivity contribution in [3.63, 3.8) is 0 Å². The van der Waals surface area contributed by atoms with E-state index in [0.29, 0.717) is 24.5 Å². The van der Waals surface area contributed by atoms with Crippen molar-refractivity contribution in [3.05, 3.63) is 30.3 Å². The number of aromatic nitrogens is 3. The lowest BCUT2D eigenvalue weighted by molar-refractivity contribution is 0.312. The first-order valence-electron chi connectivity index (χ1n) is 5.70. The molecule has 2 N–H and O–H groups in total. The molecule has 0 aliphatic rings. The summed E-state index contributed by atoms with van der Waals surface area (Å²) in [5.41, 5.74) is 0.910. The van der Waals surface area contributed by atoms with Gasteiger partial charge >= 0.3 is 6.01 Å². The molecule has 0 amide bonds. The molecule has 0 aliphatic heterocycles. The largest absolute Gasteiger partial charge is 0.464 e. The normalized spacial score (nSPS) is 9.89. The SMILES string of the molecule is CCOc1nc(NC)nc(Nc2ccccc2)n1. The molecule has 6 heteroatoms. The molecule has 0 radical (unpaired) electrons. The van der Waals surface area contributed by atoms with Crippen LogP contribution in [-0.2, 0) is 0 Å². The molecule has 0 spiro atoms. The molecule has 0 saturated carbocycles. The lowest BCUT2D eigenvalue weighted by Crippen LogP contribution is -2.06. The minimum Gasteiger partial charge on any atom is -0.464 e. The van der Waals surface area contributed by atoms with Crippen molar-refractivity contribution in [1.29, 1.82) is 0 Å². The minimum atomic E-state index is 0.301. The van der Waals surface area contributed by atoms with Crippen LogP contribution in [0.2, 0.25) is 0 Å². The topological polar surface area (TPSA) is 72.0 Å². The fourth-order valence-corrected chi connectivity index (χ4v) is 1.37. The number of para-hydroxylation sites is 1. The molecule has 1 aromatic heterocycles. The third-order valence-corrected chi connectivity index (χ3v) is 2.14. The van der Waals surface area contributed by atoms with Crippen LogP contribution in [0, 0.1) is 0 Å². The number of hydrogen-bond acceptors (Lipinski definition) is 6. The maximum Gasteiger partial charge on any atom is 0.323 e. The second kappa shape index (κ2) is 5.81. The van der Waals surface area contributed by atoms with E-state index in [9.17, 15) is 0 Å². The molecule has 2 rings (SSSR count). The van der Waals surface area contributed by atoms with Crippen molar-refractivity contribution in [3.8, 4) is 6.01 Å². The number of anilines is 3. The average molecular weight is 245 g/mol. The monoisotopic (exact) mass is 245 g/mol.